The van der Waals surface area contributed by atoms with Crippen molar-refractivity contribution in [2.75, 3.05) is 6.54 Å². The van der Waals surface area contributed by atoms with E-state index >= 15 is 0 Å². The summed E-state index contributed by atoms with van der Waals surface area (Å²) in [7, 11) is 0. The molecular weight excluding hydrogens is 503 g/mol. The molecule has 10 heteroatoms. The number of carbonyl (C=O) groups is 5. The molecule has 1 aliphatic heterocycles. The molecule has 4 N–H and O–H groups in total. The standard InChI is InChI=1S/C29H41FN4O5/c1-5-17(18-6-8-20(30)9-7-18)15-24(35)33-23(16-29(2,3)4)27(38)34-22(14-19-12-13-31-26(19)37)25(36)28(39)32-21-10-11-21/h6-9,17,19,21-23H,5,10-16H2,1-4H3,(H,31,37)(H,32,39)(H,33,35)(H,34,38)/t17?,19?,22?,23-/m0/s1. The van der Waals surface area contributed by atoms with Crippen LogP contribution in [0.15, 0.2) is 24.3 Å². The molecule has 0 bridgehead atoms. The van der Waals surface area contributed by atoms with Gasteiger partial charge in [0, 0.05) is 24.9 Å². The summed E-state index contributed by atoms with van der Waals surface area (Å²) < 4.78 is 13.4. The van der Waals surface area contributed by atoms with Gasteiger partial charge in [-0.15, -0.1) is 0 Å². The maximum absolute atomic E-state index is 13.5. The van der Waals surface area contributed by atoms with Crippen LogP contribution in [0, 0.1) is 17.2 Å². The molecule has 0 aromatic heterocycles. The van der Waals surface area contributed by atoms with Gasteiger partial charge >= 0.3 is 0 Å². The largest absolute Gasteiger partial charge is 0.356 e. The number of nitrogens with one attached hydrogen (secondary N) is 4. The summed E-state index contributed by atoms with van der Waals surface area (Å²) in [6.07, 6.45) is 3.15. The molecule has 1 aromatic rings. The van der Waals surface area contributed by atoms with E-state index in [0.29, 0.717) is 19.4 Å². The molecule has 9 nitrogen and oxygen atoms in total. The van der Waals surface area contributed by atoms with Crippen molar-refractivity contribution in [3.8, 4) is 0 Å². The van der Waals surface area contributed by atoms with Gasteiger partial charge in [-0.3, -0.25) is 24.0 Å². The average Bonchev–Trinajstić information content (AvgIpc) is 3.59. The first-order valence-electron chi connectivity index (χ1n) is 13.8. The van der Waals surface area contributed by atoms with Crippen LogP contribution < -0.4 is 21.3 Å². The topological polar surface area (TPSA) is 133 Å². The van der Waals surface area contributed by atoms with Crippen molar-refractivity contribution in [1.82, 2.24) is 21.3 Å². The Hall–Kier alpha value is -3.30. The minimum absolute atomic E-state index is 0.00710. The lowest BCUT2D eigenvalue weighted by Crippen LogP contribution is -2.55. The molecular formula is C29H41FN4O5. The lowest BCUT2D eigenvalue weighted by molar-refractivity contribution is -0.141. The fourth-order valence-corrected chi connectivity index (χ4v) is 4.83. The Kier molecular flexibility index (Phi) is 10.2. The van der Waals surface area contributed by atoms with Crippen molar-refractivity contribution in [1.29, 1.82) is 0 Å². The van der Waals surface area contributed by atoms with Gasteiger partial charge in [-0.05, 0) is 67.6 Å². The van der Waals surface area contributed by atoms with Gasteiger partial charge in [0.1, 0.15) is 11.9 Å². The minimum Gasteiger partial charge on any atom is -0.356 e. The summed E-state index contributed by atoms with van der Waals surface area (Å²) in [6, 6.07) is 3.83. The first-order chi connectivity index (χ1) is 18.4. The fourth-order valence-electron chi connectivity index (χ4n) is 4.83. The van der Waals surface area contributed by atoms with Crippen LogP contribution >= 0.6 is 0 Å². The normalized spacial score (nSPS) is 19.4. The van der Waals surface area contributed by atoms with E-state index < -0.39 is 35.6 Å². The van der Waals surface area contributed by atoms with Gasteiger partial charge in [0.15, 0.2) is 0 Å². The molecule has 0 spiro atoms. The molecule has 1 aromatic carbocycles. The van der Waals surface area contributed by atoms with Crippen LogP contribution in [0.25, 0.3) is 0 Å². The summed E-state index contributed by atoms with van der Waals surface area (Å²) in [5, 5.41) is 10.9. The second-order valence-electron chi connectivity index (χ2n) is 11.9. The van der Waals surface area contributed by atoms with E-state index in [1.165, 1.54) is 12.1 Å². The van der Waals surface area contributed by atoms with E-state index in [-0.39, 0.29) is 54.3 Å². The summed E-state index contributed by atoms with van der Waals surface area (Å²) in [6.45, 7) is 8.20. The fraction of sp³-hybridized carbons (Fsp3) is 0.621. The highest BCUT2D eigenvalue weighted by Crippen LogP contribution is 2.25. The molecule has 2 aliphatic rings. The van der Waals surface area contributed by atoms with Gasteiger partial charge in [0.05, 0.1) is 6.04 Å². The third-order valence-corrected chi connectivity index (χ3v) is 7.19. The maximum Gasteiger partial charge on any atom is 0.289 e. The number of rotatable bonds is 13. The molecule has 1 saturated heterocycles. The molecule has 0 radical (unpaired) electrons. The summed E-state index contributed by atoms with van der Waals surface area (Å²) >= 11 is 0. The number of amides is 4. The predicted octanol–water partition coefficient (Wildman–Crippen LogP) is 2.49. The Morgan fingerprint density at radius 2 is 1.69 bits per heavy atom. The highest BCUT2D eigenvalue weighted by atomic mass is 19.1. The number of Topliss-reactive ketones (excluding diaryl/α,β-unsaturated/α-hetero) is 1. The number of ketones is 1. The van der Waals surface area contributed by atoms with E-state index in [1.54, 1.807) is 12.1 Å². The Balaban J connectivity index is 1.73. The number of benzene rings is 1. The second kappa shape index (κ2) is 13.2. The quantitative estimate of drug-likeness (QED) is 0.283. The first kappa shape index (κ1) is 30.2. The Bertz CT molecular complexity index is 1060. The van der Waals surface area contributed by atoms with Crippen molar-refractivity contribution < 1.29 is 28.4 Å². The molecule has 4 atom stereocenters. The van der Waals surface area contributed by atoms with E-state index in [1.807, 2.05) is 27.7 Å². The van der Waals surface area contributed by atoms with Gasteiger partial charge < -0.3 is 21.3 Å². The highest BCUT2D eigenvalue weighted by Gasteiger charge is 2.37. The molecule has 2 fully saturated rings. The monoisotopic (exact) mass is 544 g/mol. The van der Waals surface area contributed by atoms with E-state index in [4.69, 9.17) is 0 Å². The molecule has 3 unspecified atom stereocenters. The van der Waals surface area contributed by atoms with Crippen LogP contribution in [0.3, 0.4) is 0 Å². The number of hydrogen-bond acceptors (Lipinski definition) is 5. The predicted molar refractivity (Wildman–Crippen MR) is 144 cm³/mol. The zero-order chi connectivity index (χ0) is 28.7. The van der Waals surface area contributed by atoms with Crippen molar-refractivity contribution >= 4 is 29.4 Å². The van der Waals surface area contributed by atoms with Crippen LogP contribution in [0.4, 0.5) is 4.39 Å². The van der Waals surface area contributed by atoms with E-state index in [0.717, 1.165) is 18.4 Å². The molecule has 1 heterocycles. The molecule has 1 aliphatic carbocycles. The molecule has 3 rings (SSSR count). The number of hydrogen-bond donors (Lipinski definition) is 4. The lowest BCUT2D eigenvalue weighted by Gasteiger charge is -2.28. The molecule has 39 heavy (non-hydrogen) atoms. The third kappa shape index (κ3) is 9.44. The SMILES string of the molecule is CCC(CC(=O)N[C@@H](CC(C)(C)C)C(=O)NC(CC1CCNC1=O)C(=O)C(=O)NC1CC1)c1ccc(F)cc1. The smallest absolute Gasteiger partial charge is 0.289 e. The van der Waals surface area contributed by atoms with Gasteiger partial charge in [-0.2, -0.15) is 0 Å². The maximum atomic E-state index is 13.5. The molecule has 1 saturated carbocycles. The van der Waals surface area contributed by atoms with Crippen molar-refractivity contribution in [2.24, 2.45) is 11.3 Å². The lowest BCUT2D eigenvalue weighted by atomic mass is 9.87. The Morgan fingerprint density at radius 1 is 1.03 bits per heavy atom. The van der Waals surface area contributed by atoms with Crippen molar-refractivity contribution in [3.05, 3.63) is 35.6 Å². The summed E-state index contributed by atoms with van der Waals surface area (Å²) in [4.78, 5) is 64.4. The van der Waals surface area contributed by atoms with Gasteiger partial charge in [-0.1, -0.05) is 39.8 Å². The van der Waals surface area contributed by atoms with Gasteiger partial charge in [-0.25, -0.2) is 4.39 Å². The van der Waals surface area contributed by atoms with Crippen LogP contribution in [0.5, 0.6) is 0 Å². The Morgan fingerprint density at radius 3 is 2.23 bits per heavy atom. The van der Waals surface area contributed by atoms with E-state index in [9.17, 15) is 28.4 Å². The zero-order valence-corrected chi connectivity index (χ0v) is 23.3. The van der Waals surface area contributed by atoms with Crippen LogP contribution in [-0.2, 0) is 24.0 Å². The summed E-state index contributed by atoms with van der Waals surface area (Å²) in [5.41, 5.74) is 0.484. The van der Waals surface area contributed by atoms with Crippen LogP contribution in [0.2, 0.25) is 0 Å². The first-order valence-corrected chi connectivity index (χ1v) is 13.8. The van der Waals surface area contributed by atoms with Crippen LogP contribution in [-0.4, -0.2) is 54.1 Å². The minimum atomic E-state index is -1.19. The molecule has 214 valence electrons. The van der Waals surface area contributed by atoms with Gasteiger partial charge in [0.25, 0.3) is 5.91 Å². The number of carbonyl (C=O) groups excluding carboxylic acids is 5. The number of halogens is 1. The third-order valence-electron chi connectivity index (χ3n) is 7.19. The van der Waals surface area contributed by atoms with Gasteiger partial charge in [0.2, 0.25) is 23.5 Å². The van der Waals surface area contributed by atoms with Crippen molar-refractivity contribution in [3.63, 3.8) is 0 Å². The zero-order valence-electron chi connectivity index (χ0n) is 23.3. The second-order valence-corrected chi connectivity index (χ2v) is 11.9. The highest BCUT2D eigenvalue weighted by molar-refractivity contribution is 6.38. The molecule has 4 amide bonds. The Labute approximate surface area is 229 Å². The summed E-state index contributed by atoms with van der Waals surface area (Å²) in [5.74, 6) is -3.72. The van der Waals surface area contributed by atoms with Crippen molar-refractivity contribution in [2.45, 2.75) is 96.7 Å². The van der Waals surface area contributed by atoms with E-state index in [2.05, 4.69) is 21.3 Å². The average molecular weight is 545 g/mol. The van der Waals surface area contributed by atoms with Crippen LogP contribution in [0.1, 0.15) is 84.1 Å².